The number of ketones is 2. The zero-order chi connectivity index (χ0) is 26.2. The molecule has 4 aliphatic rings. The van der Waals surface area contributed by atoms with Gasteiger partial charge in [-0.3, -0.25) is 9.59 Å². The van der Waals surface area contributed by atoms with E-state index >= 15 is 0 Å². The number of rotatable bonds is 5. The SMILES string of the molecule is C1=CC[N-]C=C1.C1CC[N-]CC1.CC(NC(C)C(C)NC(C)=C1C=CC=CC1=O)=C1C=CC=CC1=O.[Co+3]. The van der Waals surface area contributed by atoms with Gasteiger partial charge in [-0.15, -0.1) is 25.7 Å². The summed E-state index contributed by atoms with van der Waals surface area (Å²) >= 11 is 0. The average Bonchev–Trinajstić information content (AvgIpc) is 2.91. The van der Waals surface area contributed by atoms with Crippen LogP contribution in [0.1, 0.15) is 47.0 Å². The smallest absolute Gasteiger partial charge is 0.687 e. The van der Waals surface area contributed by atoms with Crippen molar-refractivity contribution in [3.8, 4) is 0 Å². The Hall–Kier alpha value is -2.87. The van der Waals surface area contributed by atoms with Gasteiger partial charge in [-0.25, -0.2) is 0 Å². The number of nitrogens with one attached hydrogen (secondary N) is 2. The van der Waals surface area contributed by atoms with Crippen LogP contribution in [0.3, 0.4) is 0 Å². The van der Waals surface area contributed by atoms with E-state index in [2.05, 4.69) is 21.3 Å². The van der Waals surface area contributed by atoms with Crippen LogP contribution in [0, 0.1) is 0 Å². The number of allylic oxidation sites excluding steroid dienone is 14. The largest absolute Gasteiger partial charge is 3.00 e. The van der Waals surface area contributed by atoms with Gasteiger partial charge in [0.1, 0.15) is 0 Å². The molecule has 37 heavy (non-hydrogen) atoms. The molecule has 2 atom stereocenters. The van der Waals surface area contributed by atoms with Crippen LogP contribution in [-0.4, -0.2) is 43.3 Å². The molecule has 200 valence electrons. The topological polar surface area (TPSA) is 86.4 Å². The third-order valence-electron chi connectivity index (χ3n) is 6.00. The van der Waals surface area contributed by atoms with Crippen LogP contribution in [0.5, 0.6) is 0 Å². The molecule has 0 aromatic rings. The molecule has 4 rings (SSSR count). The zero-order valence-corrected chi connectivity index (χ0v) is 23.4. The number of nitrogens with zero attached hydrogens (tertiary/aromatic N) is 2. The molecule has 0 bridgehead atoms. The van der Waals surface area contributed by atoms with Crippen molar-refractivity contribution in [1.82, 2.24) is 10.6 Å². The van der Waals surface area contributed by atoms with Crippen molar-refractivity contribution >= 4 is 11.6 Å². The molecule has 0 amide bonds. The number of hydrogen-bond acceptors (Lipinski definition) is 4. The summed E-state index contributed by atoms with van der Waals surface area (Å²) in [6.45, 7) is 11.0. The van der Waals surface area contributed by atoms with Crippen LogP contribution in [0.2, 0.25) is 0 Å². The first-order valence-electron chi connectivity index (χ1n) is 12.7. The summed E-state index contributed by atoms with van der Waals surface area (Å²) in [4.78, 5) is 23.8. The molecule has 0 radical (unpaired) electrons. The van der Waals surface area contributed by atoms with Gasteiger partial charge in [-0.2, -0.15) is 6.20 Å². The van der Waals surface area contributed by atoms with E-state index in [1.54, 1.807) is 30.5 Å². The Morgan fingerprint density at radius 2 is 1.22 bits per heavy atom. The van der Waals surface area contributed by atoms with Crippen molar-refractivity contribution in [3.05, 3.63) is 106 Å². The maximum Gasteiger partial charge on any atom is 3.00 e. The van der Waals surface area contributed by atoms with Gasteiger partial charge in [0.15, 0.2) is 11.6 Å². The van der Waals surface area contributed by atoms with E-state index < -0.39 is 0 Å². The standard InChI is InChI=1S/C20H24N2O2.C5H10N.C5H6N.Co/c1-13(21-15(3)17-9-5-7-11-19(17)23)14(2)22-16(4)18-10-6-8-12-20(18)24;2*1-2-4-6-5-3-1;/h5-14,21-22H,1-4H3;1-5H2;1-4H,5H2;/q;2*-1;+3. The second kappa shape index (κ2) is 18.4. The Morgan fingerprint density at radius 3 is 1.49 bits per heavy atom. The minimum Gasteiger partial charge on any atom is -0.687 e. The van der Waals surface area contributed by atoms with Gasteiger partial charge in [-0.1, -0.05) is 55.7 Å². The predicted molar refractivity (Wildman–Crippen MR) is 151 cm³/mol. The average molecular weight is 548 g/mol. The van der Waals surface area contributed by atoms with Gasteiger partial charge in [-0.05, 0) is 52.0 Å². The van der Waals surface area contributed by atoms with Crippen molar-refractivity contribution in [2.75, 3.05) is 19.6 Å². The molecule has 0 saturated carbocycles. The van der Waals surface area contributed by atoms with Crippen LogP contribution < -0.4 is 10.6 Å². The fourth-order valence-electron chi connectivity index (χ4n) is 3.75. The number of hydrogen-bond donors (Lipinski definition) is 2. The van der Waals surface area contributed by atoms with Crippen molar-refractivity contribution < 1.29 is 26.4 Å². The first-order valence-corrected chi connectivity index (χ1v) is 12.7. The Labute approximate surface area is 233 Å². The Morgan fingerprint density at radius 1 is 0.730 bits per heavy atom. The van der Waals surface area contributed by atoms with Crippen molar-refractivity contribution in [2.45, 2.75) is 59.0 Å². The second-order valence-electron chi connectivity index (χ2n) is 8.97. The van der Waals surface area contributed by atoms with Gasteiger partial charge in [0.25, 0.3) is 0 Å². The van der Waals surface area contributed by atoms with Crippen molar-refractivity contribution in [1.29, 1.82) is 0 Å². The summed E-state index contributed by atoms with van der Waals surface area (Å²) in [5.74, 6) is 0.0247. The first-order chi connectivity index (χ1) is 17.4. The summed E-state index contributed by atoms with van der Waals surface area (Å²) in [5, 5.41) is 14.8. The van der Waals surface area contributed by atoms with Crippen molar-refractivity contribution in [2.24, 2.45) is 0 Å². The van der Waals surface area contributed by atoms with E-state index in [1.165, 1.54) is 19.3 Å². The number of carbonyl (C=O) groups excluding carboxylic acids is 2. The van der Waals surface area contributed by atoms with Gasteiger partial charge in [0.2, 0.25) is 0 Å². The van der Waals surface area contributed by atoms with Gasteiger partial charge < -0.3 is 21.3 Å². The Kier molecular flexibility index (Phi) is 16.0. The molecule has 0 aromatic carbocycles. The number of piperidine rings is 1. The van der Waals surface area contributed by atoms with Gasteiger partial charge in [0.05, 0.1) is 0 Å². The van der Waals surface area contributed by atoms with Crippen LogP contribution in [0.4, 0.5) is 0 Å². The Bertz CT molecular complexity index is 910. The molecule has 1 saturated heterocycles. The molecule has 2 heterocycles. The zero-order valence-electron chi connectivity index (χ0n) is 22.4. The summed E-state index contributed by atoms with van der Waals surface area (Å²) < 4.78 is 0. The summed E-state index contributed by atoms with van der Waals surface area (Å²) in [7, 11) is 0. The predicted octanol–water partition coefficient (Wildman–Crippen LogP) is 5.87. The maximum absolute atomic E-state index is 11.9. The quantitative estimate of drug-likeness (QED) is 0.422. The molecular formula is C30H40CoN4O2+. The summed E-state index contributed by atoms with van der Waals surface area (Å²) in [5.41, 5.74) is 3.07. The van der Waals surface area contributed by atoms with E-state index in [4.69, 9.17) is 0 Å². The van der Waals surface area contributed by atoms with Crippen LogP contribution >= 0.6 is 0 Å². The maximum atomic E-state index is 11.9. The first kappa shape index (κ1) is 32.2. The third-order valence-corrected chi connectivity index (χ3v) is 6.00. The number of carbonyl (C=O) groups is 2. The fraction of sp³-hybridized carbons (Fsp3) is 0.400. The molecule has 0 aromatic heterocycles. The second-order valence-corrected chi connectivity index (χ2v) is 8.97. The fourth-order valence-corrected chi connectivity index (χ4v) is 3.75. The molecule has 2 aliphatic carbocycles. The Balaban J connectivity index is 0.000000427. The summed E-state index contributed by atoms with van der Waals surface area (Å²) in [6.07, 6.45) is 25.8. The molecule has 2 unspecified atom stereocenters. The molecule has 0 spiro atoms. The summed E-state index contributed by atoms with van der Waals surface area (Å²) in [6, 6.07) is 0.164. The molecule has 6 nitrogen and oxygen atoms in total. The van der Waals surface area contributed by atoms with E-state index in [9.17, 15) is 9.59 Å². The minimum absolute atomic E-state index is 0. The van der Waals surface area contributed by atoms with Crippen molar-refractivity contribution in [3.63, 3.8) is 0 Å². The van der Waals surface area contributed by atoms with Gasteiger partial charge >= 0.3 is 16.8 Å². The monoisotopic (exact) mass is 547 g/mol. The molecule has 1 fully saturated rings. The van der Waals surface area contributed by atoms with Crippen LogP contribution in [0.15, 0.2) is 95.6 Å². The van der Waals surface area contributed by atoms with E-state index in [1.807, 2.05) is 70.2 Å². The molecule has 2 N–H and O–H groups in total. The van der Waals surface area contributed by atoms with E-state index in [-0.39, 0.29) is 40.4 Å². The normalized spacial score (nSPS) is 21.7. The van der Waals surface area contributed by atoms with Gasteiger partial charge in [0, 0.05) is 34.6 Å². The molecule has 2 aliphatic heterocycles. The minimum atomic E-state index is 0. The van der Waals surface area contributed by atoms with E-state index in [0.29, 0.717) is 11.1 Å². The van der Waals surface area contributed by atoms with E-state index in [0.717, 1.165) is 31.0 Å². The van der Waals surface area contributed by atoms with Crippen LogP contribution in [-0.2, 0) is 26.4 Å². The molecular weight excluding hydrogens is 507 g/mol. The third kappa shape index (κ3) is 12.3. The van der Waals surface area contributed by atoms with Crippen LogP contribution in [0.25, 0.3) is 10.6 Å². The molecule has 7 heteroatoms.